The average Bonchev–Trinajstić information content (AvgIpc) is 3.27. The van der Waals surface area contributed by atoms with Gasteiger partial charge >= 0.3 is 0 Å². The maximum Gasteiger partial charge on any atom is 0.259 e. The lowest BCUT2D eigenvalue weighted by molar-refractivity contribution is -0.119. The highest BCUT2D eigenvalue weighted by Gasteiger charge is 2.22. The molecule has 2 aliphatic carbocycles. The lowest BCUT2D eigenvalue weighted by Gasteiger charge is -2.28. The van der Waals surface area contributed by atoms with Crippen LogP contribution in [0.3, 0.4) is 0 Å². The van der Waals surface area contributed by atoms with E-state index in [4.69, 9.17) is 4.74 Å². The lowest BCUT2D eigenvalue weighted by atomic mass is 9.88. The van der Waals surface area contributed by atoms with Crippen molar-refractivity contribution < 1.29 is 9.53 Å². The molecule has 0 aromatic carbocycles. The maximum absolute atomic E-state index is 12.5. The molecule has 0 bridgehead atoms. The number of thioether (sulfide) groups is 1. The number of aromatic nitrogens is 2. The molecule has 1 saturated carbocycles. The molecule has 0 spiro atoms. The van der Waals surface area contributed by atoms with E-state index in [1.165, 1.54) is 41.5 Å². The number of fused-ring (bicyclic) bond motifs is 3. The molecule has 29 heavy (non-hydrogen) atoms. The summed E-state index contributed by atoms with van der Waals surface area (Å²) in [6, 6.07) is 0. The van der Waals surface area contributed by atoms with Crippen molar-refractivity contribution in [1.29, 1.82) is 0 Å². The van der Waals surface area contributed by atoms with Gasteiger partial charge in [-0.25, -0.2) is 4.98 Å². The predicted molar refractivity (Wildman–Crippen MR) is 119 cm³/mol. The number of ether oxygens (including phenoxy) is 1. The van der Waals surface area contributed by atoms with E-state index in [2.05, 4.69) is 22.2 Å². The largest absolute Gasteiger partial charge is 0.376 e. The Balaban J connectivity index is 1.19. The third kappa shape index (κ3) is 5.03. The van der Waals surface area contributed by atoms with Crippen molar-refractivity contribution >= 4 is 39.2 Å². The number of rotatable bonds is 8. The van der Waals surface area contributed by atoms with Gasteiger partial charge in [-0.2, -0.15) is 0 Å². The lowest BCUT2D eigenvalue weighted by Crippen LogP contribution is -2.32. The Hall–Kier alpha value is -1.38. The molecule has 2 aromatic heterocycles. The molecule has 1 fully saturated rings. The first-order valence-electron chi connectivity index (χ1n) is 10.6. The van der Waals surface area contributed by atoms with Crippen LogP contribution < -0.4 is 10.9 Å². The van der Waals surface area contributed by atoms with Crippen molar-refractivity contribution in [1.82, 2.24) is 15.3 Å². The maximum atomic E-state index is 12.5. The quantitative estimate of drug-likeness (QED) is 0.621. The molecule has 2 aliphatic rings. The average molecular weight is 436 g/mol. The molecule has 4 rings (SSSR count). The normalized spacial score (nSPS) is 21.4. The molecule has 2 atom stereocenters. The summed E-state index contributed by atoms with van der Waals surface area (Å²) < 4.78 is 5.93. The number of nitrogens with zero attached hydrogens (tertiary/aromatic N) is 1. The standard InChI is InChI=1S/C21H29N3O3S2/c1-13-5-2-3-7-15(13)27-10-9-22-18(25)12-28-11-17-23-20(26)19-14-6-4-8-16(14)29-21(19)24-17/h13,15H,2-12H2,1H3,(H,22,25)(H,23,24,26). The molecule has 0 radical (unpaired) electrons. The van der Waals surface area contributed by atoms with Crippen LogP contribution in [0, 0.1) is 5.92 Å². The Morgan fingerprint density at radius 2 is 2.17 bits per heavy atom. The van der Waals surface area contributed by atoms with Gasteiger partial charge in [0.25, 0.3) is 5.56 Å². The first-order valence-corrected chi connectivity index (χ1v) is 12.6. The van der Waals surface area contributed by atoms with Crippen LogP contribution in [0.1, 0.15) is 55.3 Å². The molecule has 8 heteroatoms. The second-order valence-corrected chi connectivity index (χ2v) is 10.1. The van der Waals surface area contributed by atoms with Crippen LogP contribution in [0.25, 0.3) is 10.2 Å². The number of nitrogens with one attached hydrogen (secondary N) is 2. The van der Waals surface area contributed by atoms with Gasteiger partial charge in [-0.3, -0.25) is 9.59 Å². The minimum absolute atomic E-state index is 0.00572. The van der Waals surface area contributed by atoms with Crippen LogP contribution in [0.15, 0.2) is 4.79 Å². The summed E-state index contributed by atoms with van der Waals surface area (Å²) in [6.45, 7) is 3.36. The van der Waals surface area contributed by atoms with Gasteiger partial charge in [-0.15, -0.1) is 23.1 Å². The number of aromatic amines is 1. The summed E-state index contributed by atoms with van der Waals surface area (Å²) in [5, 5.41) is 3.69. The zero-order valence-corrected chi connectivity index (χ0v) is 18.6. The van der Waals surface area contributed by atoms with Crippen LogP contribution in [0.2, 0.25) is 0 Å². The Morgan fingerprint density at radius 1 is 1.31 bits per heavy atom. The van der Waals surface area contributed by atoms with Gasteiger partial charge in [-0.05, 0) is 43.6 Å². The Morgan fingerprint density at radius 3 is 3.03 bits per heavy atom. The highest BCUT2D eigenvalue weighted by atomic mass is 32.2. The molecule has 0 aliphatic heterocycles. The summed E-state index contributed by atoms with van der Waals surface area (Å²) >= 11 is 3.11. The number of H-pyrrole nitrogens is 1. The molecule has 2 aromatic rings. The number of carbonyl (C=O) groups is 1. The molecule has 2 N–H and O–H groups in total. The summed E-state index contributed by atoms with van der Waals surface area (Å²) in [5.74, 6) is 2.13. The Kier molecular flexibility index (Phi) is 6.92. The third-order valence-electron chi connectivity index (χ3n) is 5.88. The molecular weight excluding hydrogens is 406 g/mol. The second-order valence-electron chi connectivity index (χ2n) is 8.06. The second kappa shape index (κ2) is 9.62. The van der Waals surface area contributed by atoms with Gasteiger partial charge in [0.15, 0.2) is 0 Å². The van der Waals surface area contributed by atoms with E-state index in [0.29, 0.717) is 42.5 Å². The number of amides is 1. The summed E-state index contributed by atoms with van der Waals surface area (Å²) in [5.41, 5.74) is 1.16. The fraction of sp³-hybridized carbons (Fsp3) is 0.667. The molecule has 2 heterocycles. The van der Waals surface area contributed by atoms with E-state index in [0.717, 1.165) is 35.9 Å². The SMILES string of the molecule is CC1CCCCC1OCCNC(=O)CSCc1nc2sc3c(c2c(=O)[nH]1)CCC3. The number of hydrogen-bond donors (Lipinski definition) is 2. The summed E-state index contributed by atoms with van der Waals surface area (Å²) in [4.78, 5) is 34.2. The first-order chi connectivity index (χ1) is 14.1. The summed E-state index contributed by atoms with van der Waals surface area (Å²) in [6.07, 6.45) is 8.43. The van der Waals surface area contributed by atoms with E-state index in [1.807, 2.05) is 0 Å². The smallest absolute Gasteiger partial charge is 0.259 e. The molecule has 2 unspecified atom stereocenters. The van der Waals surface area contributed by atoms with Crippen LogP contribution in [-0.2, 0) is 28.1 Å². The summed E-state index contributed by atoms with van der Waals surface area (Å²) in [7, 11) is 0. The molecule has 0 saturated heterocycles. The van der Waals surface area contributed by atoms with Crippen LogP contribution in [0.4, 0.5) is 0 Å². The van der Waals surface area contributed by atoms with Gasteiger partial charge in [0.1, 0.15) is 10.7 Å². The highest BCUT2D eigenvalue weighted by molar-refractivity contribution is 7.99. The molecule has 158 valence electrons. The van der Waals surface area contributed by atoms with Crippen LogP contribution in [0.5, 0.6) is 0 Å². The van der Waals surface area contributed by atoms with Gasteiger partial charge in [0.2, 0.25) is 5.91 Å². The zero-order valence-electron chi connectivity index (χ0n) is 16.9. The van der Waals surface area contributed by atoms with Gasteiger partial charge in [-0.1, -0.05) is 19.8 Å². The van der Waals surface area contributed by atoms with E-state index < -0.39 is 0 Å². The van der Waals surface area contributed by atoms with Crippen molar-refractivity contribution in [3.63, 3.8) is 0 Å². The van der Waals surface area contributed by atoms with Crippen LogP contribution in [-0.4, -0.2) is 40.9 Å². The number of hydrogen-bond acceptors (Lipinski definition) is 6. The Bertz CT molecular complexity index is 924. The number of thiophene rings is 1. The van der Waals surface area contributed by atoms with E-state index >= 15 is 0 Å². The molecular formula is C21H29N3O3S2. The monoisotopic (exact) mass is 435 g/mol. The van der Waals surface area contributed by atoms with Crippen LogP contribution >= 0.6 is 23.1 Å². The van der Waals surface area contributed by atoms with Crippen molar-refractivity contribution in [2.75, 3.05) is 18.9 Å². The number of carbonyl (C=O) groups excluding carboxylic acids is 1. The van der Waals surface area contributed by atoms with E-state index in [9.17, 15) is 9.59 Å². The molecule has 6 nitrogen and oxygen atoms in total. The number of aryl methyl sites for hydroxylation is 2. The van der Waals surface area contributed by atoms with Crippen molar-refractivity contribution in [3.05, 3.63) is 26.6 Å². The fourth-order valence-electron chi connectivity index (χ4n) is 4.34. The van der Waals surface area contributed by atoms with Gasteiger partial charge in [0, 0.05) is 11.4 Å². The Labute approximate surface area is 179 Å². The predicted octanol–water partition coefficient (Wildman–Crippen LogP) is 3.42. The van der Waals surface area contributed by atoms with Crippen molar-refractivity contribution in [3.8, 4) is 0 Å². The van der Waals surface area contributed by atoms with Crippen molar-refractivity contribution in [2.24, 2.45) is 5.92 Å². The minimum Gasteiger partial charge on any atom is -0.376 e. The van der Waals surface area contributed by atoms with Gasteiger partial charge < -0.3 is 15.0 Å². The van der Waals surface area contributed by atoms with Crippen molar-refractivity contribution in [2.45, 2.75) is 63.7 Å². The fourth-order valence-corrected chi connectivity index (χ4v) is 6.34. The highest BCUT2D eigenvalue weighted by Crippen LogP contribution is 2.34. The van der Waals surface area contributed by atoms with Gasteiger partial charge in [0.05, 0.1) is 29.6 Å². The minimum atomic E-state index is -0.0384. The zero-order chi connectivity index (χ0) is 20.2. The topological polar surface area (TPSA) is 84.1 Å². The first kappa shape index (κ1) is 20.9. The van der Waals surface area contributed by atoms with E-state index in [1.54, 1.807) is 11.3 Å². The third-order valence-corrected chi connectivity index (χ3v) is 8.01. The molecule has 1 amide bonds. The van der Waals surface area contributed by atoms with E-state index in [-0.39, 0.29) is 11.5 Å².